The summed E-state index contributed by atoms with van der Waals surface area (Å²) in [5.74, 6) is 0.815. The number of nitrogens with zero attached hydrogens (tertiary/aromatic N) is 1. The molecule has 8 heteroatoms. The molecule has 3 aromatic carbocycles. The van der Waals surface area contributed by atoms with Gasteiger partial charge in [0.05, 0.1) is 12.7 Å². The fourth-order valence-electron chi connectivity index (χ4n) is 4.55. The Kier molecular flexibility index (Phi) is 10.7. The smallest absolute Gasteiger partial charge is 0.266 e. The van der Waals surface area contributed by atoms with Crippen LogP contribution in [0.25, 0.3) is 0 Å². The van der Waals surface area contributed by atoms with Gasteiger partial charge in [0.15, 0.2) is 11.6 Å². The van der Waals surface area contributed by atoms with Gasteiger partial charge in [-0.25, -0.2) is 10.4 Å². The summed E-state index contributed by atoms with van der Waals surface area (Å²) >= 11 is 0. The molecule has 1 aliphatic heterocycles. The number of hydrogen-bond acceptors (Lipinski definition) is 7. The zero-order chi connectivity index (χ0) is 28.2. The van der Waals surface area contributed by atoms with Gasteiger partial charge in [0.1, 0.15) is 5.75 Å². The van der Waals surface area contributed by atoms with Crippen molar-refractivity contribution in [2.75, 3.05) is 26.4 Å². The van der Waals surface area contributed by atoms with Gasteiger partial charge in [-0.3, -0.25) is 10.2 Å². The molecule has 0 saturated heterocycles. The average Bonchev–Trinajstić information content (AvgIpc) is 3.36. The molecule has 4 rings (SSSR count). The monoisotopic (exact) mass is 545 g/mol. The molecule has 0 saturated carbocycles. The lowest BCUT2D eigenvalue weighted by Gasteiger charge is -2.30. The Bertz CT molecular complexity index is 1220. The van der Waals surface area contributed by atoms with Gasteiger partial charge >= 0.3 is 0 Å². The molecule has 1 amide bonds. The Labute approximate surface area is 236 Å². The van der Waals surface area contributed by atoms with Crippen LogP contribution in [-0.4, -0.2) is 54.9 Å². The Morgan fingerprint density at radius 2 is 1.68 bits per heavy atom. The van der Waals surface area contributed by atoms with Crippen molar-refractivity contribution in [3.05, 3.63) is 102 Å². The predicted octanol–water partition coefficient (Wildman–Crippen LogP) is 4.38. The maximum atomic E-state index is 14.0. The Hall–Kier alpha value is -3.72. The van der Waals surface area contributed by atoms with Crippen molar-refractivity contribution in [1.82, 2.24) is 10.9 Å². The SMILES string of the molecule is CC(C)OCCCNNC(=O)[C@@]1(Cc2ccccc2)N=C(c2ccc(OCCCO)cc2)O[C@H]1c1ccccc1. The first-order valence-electron chi connectivity index (χ1n) is 13.9. The summed E-state index contributed by atoms with van der Waals surface area (Å²) in [5, 5.41) is 9.01. The van der Waals surface area contributed by atoms with Crippen molar-refractivity contribution in [2.24, 2.45) is 4.99 Å². The Morgan fingerprint density at radius 3 is 2.35 bits per heavy atom. The molecule has 0 unspecified atom stereocenters. The van der Waals surface area contributed by atoms with Gasteiger partial charge in [-0.1, -0.05) is 60.7 Å². The molecule has 3 N–H and O–H groups in total. The molecule has 3 aromatic rings. The van der Waals surface area contributed by atoms with Crippen molar-refractivity contribution < 1.29 is 24.1 Å². The molecule has 0 fully saturated rings. The molecule has 0 aromatic heterocycles. The lowest BCUT2D eigenvalue weighted by Crippen LogP contribution is -2.54. The first-order chi connectivity index (χ1) is 19.5. The number of nitrogens with one attached hydrogen (secondary N) is 2. The van der Waals surface area contributed by atoms with Crippen molar-refractivity contribution in [3.63, 3.8) is 0 Å². The van der Waals surface area contributed by atoms with Gasteiger partial charge < -0.3 is 19.3 Å². The molecular formula is C32H39N3O5. The molecule has 2 atom stereocenters. The van der Waals surface area contributed by atoms with Gasteiger partial charge in [0.2, 0.25) is 5.90 Å². The lowest BCUT2D eigenvalue weighted by atomic mass is 9.82. The molecule has 0 spiro atoms. The largest absolute Gasteiger partial charge is 0.494 e. The van der Waals surface area contributed by atoms with E-state index in [0.717, 1.165) is 23.1 Å². The van der Waals surface area contributed by atoms with Crippen molar-refractivity contribution >= 4 is 11.8 Å². The zero-order valence-electron chi connectivity index (χ0n) is 23.2. The van der Waals surface area contributed by atoms with E-state index in [0.29, 0.717) is 44.2 Å². The van der Waals surface area contributed by atoms with Crippen molar-refractivity contribution in [2.45, 2.75) is 50.9 Å². The topological polar surface area (TPSA) is 101 Å². The third kappa shape index (κ3) is 7.69. The number of benzene rings is 3. The maximum Gasteiger partial charge on any atom is 0.266 e. The van der Waals surface area contributed by atoms with Crippen LogP contribution in [0.5, 0.6) is 5.75 Å². The number of ether oxygens (including phenoxy) is 3. The number of aliphatic imine (C=N–C) groups is 1. The van der Waals surface area contributed by atoms with E-state index >= 15 is 0 Å². The van der Waals surface area contributed by atoms with Crippen molar-refractivity contribution in [1.29, 1.82) is 0 Å². The van der Waals surface area contributed by atoms with Crippen LogP contribution in [0.4, 0.5) is 0 Å². The minimum Gasteiger partial charge on any atom is -0.494 e. The van der Waals surface area contributed by atoms with E-state index < -0.39 is 11.6 Å². The molecule has 0 radical (unpaired) electrons. The standard InChI is InChI=1S/C32H39N3O5/c1-24(2)38-21-9-19-33-35-31(37)32(23-25-11-5-3-6-12-25)29(26-13-7-4-8-14-26)40-30(34-32)27-15-17-28(18-16-27)39-22-10-20-36/h3-8,11-18,24,29,33,36H,9-10,19-23H2,1-2H3,(H,35,37)/t29-,32-/m0/s1. The highest BCUT2D eigenvalue weighted by Crippen LogP contribution is 2.42. The quantitative estimate of drug-likeness (QED) is 0.194. The minimum atomic E-state index is -1.25. The normalized spacial score (nSPS) is 18.3. The molecular weight excluding hydrogens is 506 g/mol. The maximum absolute atomic E-state index is 14.0. The number of rotatable bonds is 15. The van der Waals surface area contributed by atoms with E-state index in [-0.39, 0.29) is 18.6 Å². The predicted molar refractivity (Wildman–Crippen MR) is 155 cm³/mol. The van der Waals surface area contributed by atoms with E-state index in [1.165, 1.54) is 0 Å². The van der Waals surface area contributed by atoms with Crippen LogP contribution in [0.2, 0.25) is 0 Å². The fourth-order valence-corrected chi connectivity index (χ4v) is 4.55. The van der Waals surface area contributed by atoms with Crippen LogP contribution in [0.1, 0.15) is 49.5 Å². The molecule has 0 bridgehead atoms. The van der Waals surface area contributed by atoms with Crippen LogP contribution in [-0.2, 0) is 20.7 Å². The minimum absolute atomic E-state index is 0.0791. The highest BCUT2D eigenvalue weighted by molar-refractivity contribution is 6.01. The van der Waals surface area contributed by atoms with Crippen LogP contribution < -0.4 is 15.6 Å². The molecule has 1 aliphatic rings. The van der Waals surface area contributed by atoms with Crippen molar-refractivity contribution in [3.8, 4) is 5.75 Å². The summed E-state index contributed by atoms with van der Waals surface area (Å²) in [6, 6.07) is 27.0. The summed E-state index contributed by atoms with van der Waals surface area (Å²) in [6.45, 7) is 5.67. The van der Waals surface area contributed by atoms with E-state index in [9.17, 15) is 4.79 Å². The Balaban J connectivity index is 1.63. The van der Waals surface area contributed by atoms with E-state index in [2.05, 4.69) is 10.9 Å². The van der Waals surface area contributed by atoms with E-state index in [1.807, 2.05) is 98.8 Å². The highest BCUT2D eigenvalue weighted by Gasteiger charge is 2.53. The average molecular weight is 546 g/mol. The zero-order valence-corrected chi connectivity index (χ0v) is 23.2. The number of aliphatic hydroxyl groups excluding tert-OH is 1. The van der Waals surface area contributed by atoms with E-state index in [1.54, 1.807) is 0 Å². The number of carbonyl (C=O) groups is 1. The number of hydrogen-bond donors (Lipinski definition) is 3. The molecule has 212 valence electrons. The third-order valence-electron chi connectivity index (χ3n) is 6.55. The summed E-state index contributed by atoms with van der Waals surface area (Å²) in [6.07, 6.45) is 1.19. The lowest BCUT2D eigenvalue weighted by molar-refractivity contribution is -0.130. The van der Waals surface area contributed by atoms with Gasteiger partial charge in [0, 0.05) is 38.2 Å². The number of aliphatic hydroxyl groups is 1. The molecule has 40 heavy (non-hydrogen) atoms. The van der Waals surface area contributed by atoms with Crippen LogP contribution in [0.15, 0.2) is 89.9 Å². The van der Waals surface area contributed by atoms with E-state index in [4.69, 9.17) is 24.3 Å². The first-order valence-corrected chi connectivity index (χ1v) is 13.9. The summed E-state index contributed by atoms with van der Waals surface area (Å²) in [4.78, 5) is 19.1. The second-order valence-electron chi connectivity index (χ2n) is 10.0. The van der Waals surface area contributed by atoms with Crippen LogP contribution in [0, 0.1) is 0 Å². The number of carbonyl (C=O) groups excluding carboxylic acids is 1. The Morgan fingerprint density at radius 1 is 0.975 bits per heavy atom. The fraction of sp³-hybridized carbons (Fsp3) is 0.375. The molecule has 8 nitrogen and oxygen atoms in total. The summed E-state index contributed by atoms with van der Waals surface area (Å²) in [7, 11) is 0. The van der Waals surface area contributed by atoms with Crippen LogP contribution >= 0.6 is 0 Å². The molecule has 0 aliphatic carbocycles. The highest BCUT2D eigenvalue weighted by atomic mass is 16.5. The number of amides is 1. The van der Waals surface area contributed by atoms with Crippen LogP contribution in [0.3, 0.4) is 0 Å². The number of hydrazine groups is 1. The second kappa shape index (κ2) is 14.6. The summed E-state index contributed by atoms with van der Waals surface area (Å²) in [5.41, 5.74) is 7.31. The van der Waals surface area contributed by atoms with Gasteiger partial charge in [0.25, 0.3) is 5.91 Å². The second-order valence-corrected chi connectivity index (χ2v) is 10.0. The summed E-state index contributed by atoms with van der Waals surface area (Å²) < 4.78 is 17.8. The first kappa shape index (κ1) is 29.3. The van der Waals surface area contributed by atoms with Gasteiger partial charge in [-0.15, -0.1) is 0 Å². The van der Waals surface area contributed by atoms with Gasteiger partial charge in [-0.05, 0) is 55.7 Å². The van der Waals surface area contributed by atoms with Gasteiger partial charge in [-0.2, -0.15) is 0 Å². The molecule has 1 heterocycles. The third-order valence-corrected chi connectivity index (χ3v) is 6.55.